The van der Waals surface area contributed by atoms with Crippen LogP contribution in [0.1, 0.15) is 37.8 Å². The molecular formula is C25H23I. The molecule has 0 amide bonds. The molecule has 1 aromatic carbocycles. The van der Waals surface area contributed by atoms with Crippen LogP contribution in [0.2, 0.25) is 0 Å². The molecule has 1 heteroatoms. The van der Waals surface area contributed by atoms with Crippen LogP contribution in [0.25, 0.3) is 5.57 Å². The third kappa shape index (κ3) is 2.47. The van der Waals surface area contributed by atoms with Crippen LogP contribution >= 0.6 is 22.6 Å². The zero-order chi connectivity index (χ0) is 17.9. The van der Waals surface area contributed by atoms with Crippen molar-refractivity contribution in [1.29, 1.82) is 0 Å². The number of allylic oxidation sites excluding steroid dienone is 12. The zero-order valence-electron chi connectivity index (χ0n) is 15.3. The van der Waals surface area contributed by atoms with E-state index in [2.05, 4.69) is 103 Å². The molecule has 4 aliphatic carbocycles. The first kappa shape index (κ1) is 16.6. The van der Waals surface area contributed by atoms with Gasteiger partial charge in [-0.15, -0.1) is 0 Å². The Morgan fingerprint density at radius 3 is 2.62 bits per heavy atom. The molecule has 0 radical (unpaired) electrons. The Labute approximate surface area is 169 Å². The molecule has 130 valence electrons. The summed E-state index contributed by atoms with van der Waals surface area (Å²) in [6.07, 6.45) is 18.7. The van der Waals surface area contributed by atoms with Gasteiger partial charge in [0, 0.05) is 9.50 Å². The Morgan fingerprint density at radius 2 is 1.73 bits per heavy atom. The molecule has 0 aliphatic heterocycles. The number of halogens is 1. The van der Waals surface area contributed by atoms with Gasteiger partial charge >= 0.3 is 0 Å². The highest BCUT2D eigenvalue weighted by Crippen LogP contribution is 2.54. The lowest BCUT2D eigenvalue weighted by Gasteiger charge is -2.33. The molecule has 0 aromatic heterocycles. The number of hydrogen-bond acceptors (Lipinski definition) is 0. The molecule has 4 aliphatic rings. The lowest BCUT2D eigenvalue weighted by molar-refractivity contribution is 0.408. The molecule has 0 nitrogen and oxygen atoms in total. The van der Waals surface area contributed by atoms with Crippen molar-refractivity contribution >= 4 is 28.2 Å². The van der Waals surface area contributed by atoms with E-state index in [9.17, 15) is 0 Å². The Hall–Kier alpha value is -1.61. The SMILES string of the molecule is CC1(C)c2ccccc2C2=CC=C(C3=CC=C4C=C(I)C=CC4C3)CC21. The maximum Gasteiger partial charge on any atom is 0.0130 e. The average Bonchev–Trinajstić information content (AvgIpc) is 2.89. The van der Waals surface area contributed by atoms with E-state index in [0.29, 0.717) is 11.8 Å². The van der Waals surface area contributed by atoms with Gasteiger partial charge in [0.25, 0.3) is 0 Å². The van der Waals surface area contributed by atoms with E-state index in [1.807, 2.05) is 0 Å². The van der Waals surface area contributed by atoms with Crippen LogP contribution in [0.5, 0.6) is 0 Å². The first-order valence-electron chi connectivity index (χ1n) is 9.51. The second kappa shape index (κ2) is 5.95. The molecule has 0 spiro atoms. The molecule has 0 N–H and O–H groups in total. The van der Waals surface area contributed by atoms with Crippen molar-refractivity contribution in [3.05, 3.63) is 98.2 Å². The quantitative estimate of drug-likeness (QED) is 0.402. The van der Waals surface area contributed by atoms with Crippen molar-refractivity contribution in [3.63, 3.8) is 0 Å². The average molecular weight is 450 g/mol. The molecule has 2 atom stereocenters. The fourth-order valence-electron chi connectivity index (χ4n) is 5.08. The summed E-state index contributed by atoms with van der Waals surface area (Å²) in [4.78, 5) is 0. The molecule has 0 heterocycles. The van der Waals surface area contributed by atoms with Crippen LogP contribution in [-0.4, -0.2) is 0 Å². The molecule has 26 heavy (non-hydrogen) atoms. The Balaban J connectivity index is 1.51. The van der Waals surface area contributed by atoms with Gasteiger partial charge in [-0.25, -0.2) is 0 Å². The van der Waals surface area contributed by atoms with Gasteiger partial charge in [-0.1, -0.05) is 74.6 Å². The van der Waals surface area contributed by atoms with Crippen molar-refractivity contribution in [2.75, 3.05) is 0 Å². The summed E-state index contributed by atoms with van der Waals surface area (Å²) in [6.45, 7) is 4.84. The summed E-state index contributed by atoms with van der Waals surface area (Å²) < 4.78 is 1.33. The summed E-state index contributed by atoms with van der Waals surface area (Å²) in [5.74, 6) is 1.14. The monoisotopic (exact) mass is 450 g/mol. The molecule has 0 fully saturated rings. The van der Waals surface area contributed by atoms with Crippen molar-refractivity contribution in [1.82, 2.24) is 0 Å². The standard InChI is InChI=1S/C25H23I/c1-25(2)23-6-4-3-5-21(23)22-12-10-19(15-24(22)25)16-7-8-18-14-20(26)11-9-17(18)13-16/h3-12,14,17,24H,13,15H2,1-2H3. The predicted octanol–water partition coefficient (Wildman–Crippen LogP) is 7.07. The first-order valence-corrected chi connectivity index (χ1v) is 10.6. The molecule has 2 unspecified atom stereocenters. The van der Waals surface area contributed by atoms with E-state index < -0.39 is 0 Å². The number of benzene rings is 1. The van der Waals surface area contributed by atoms with Gasteiger partial charge in [-0.3, -0.25) is 0 Å². The van der Waals surface area contributed by atoms with Crippen LogP contribution in [0, 0.1) is 11.8 Å². The summed E-state index contributed by atoms with van der Waals surface area (Å²) >= 11 is 2.41. The van der Waals surface area contributed by atoms with Crippen molar-refractivity contribution in [2.45, 2.75) is 32.1 Å². The highest BCUT2D eigenvalue weighted by Gasteiger charge is 2.43. The van der Waals surface area contributed by atoms with Crippen LogP contribution in [-0.2, 0) is 5.41 Å². The van der Waals surface area contributed by atoms with Crippen LogP contribution in [0.15, 0.2) is 87.1 Å². The number of fused-ring (bicyclic) bond motifs is 4. The molecule has 0 saturated carbocycles. The Kier molecular flexibility index (Phi) is 3.79. The van der Waals surface area contributed by atoms with Crippen LogP contribution < -0.4 is 0 Å². The van der Waals surface area contributed by atoms with E-state index in [4.69, 9.17) is 0 Å². The van der Waals surface area contributed by atoms with Gasteiger partial charge in [0.1, 0.15) is 0 Å². The van der Waals surface area contributed by atoms with E-state index in [1.165, 1.54) is 37.0 Å². The topological polar surface area (TPSA) is 0 Å². The van der Waals surface area contributed by atoms with E-state index >= 15 is 0 Å². The van der Waals surface area contributed by atoms with E-state index in [1.54, 1.807) is 0 Å². The van der Waals surface area contributed by atoms with Gasteiger partial charge in [0.2, 0.25) is 0 Å². The summed E-state index contributed by atoms with van der Waals surface area (Å²) in [6, 6.07) is 8.99. The highest BCUT2D eigenvalue weighted by atomic mass is 127. The minimum atomic E-state index is 0.210. The van der Waals surface area contributed by atoms with Gasteiger partial charge < -0.3 is 0 Å². The van der Waals surface area contributed by atoms with Crippen LogP contribution in [0.3, 0.4) is 0 Å². The highest BCUT2D eigenvalue weighted by molar-refractivity contribution is 14.1. The smallest absolute Gasteiger partial charge is 0.0130 e. The second-order valence-corrected chi connectivity index (χ2v) is 9.64. The van der Waals surface area contributed by atoms with Gasteiger partial charge in [0.05, 0.1) is 0 Å². The van der Waals surface area contributed by atoms with Crippen LogP contribution in [0.4, 0.5) is 0 Å². The first-order chi connectivity index (χ1) is 12.5. The lowest BCUT2D eigenvalue weighted by Crippen LogP contribution is -2.25. The minimum absolute atomic E-state index is 0.210. The molecule has 0 bridgehead atoms. The molecule has 5 rings (SSSR count). The van der Waals surface area contributed by atoms with Gasteiger partial charge in [0.15, 0.2) is 0 Å². The zero-order valence-corrected chi connectivity index (χ0v) is 17.5. The summed E-state index contributed by atoms with van der Waals surface area (Å²) in [7, 11) is 0. The molecule has 0 saturated heterocycles. The van der Waals surface area contributed by atoms with E-state index in [-0.39, 0.29) is 5.41 Å². The lowest BCUT2D eigenvalue weighted by atomic mass is 9.71. The van der Waals surface area contributed by atoms with Crippen molar-refractivity contribution in [2.24, 2.45) is 11.8 Å². The number of hydrogen-bond donors (Lipinski definition) is 0. The predicted molar refractivity (Wildman–Crippen MR) is 119 cm³/mol. The van der Waals surface area contributed by atoms with E-state index in [0.717, 1.165) is 12.8 Å². The molecular weight excluding hydrogens is 427 g/mol. The van der Waals surface area contributed by atoms with Gasteiger partial charge in [-0.05, 0) is 86.3 Å². The van der Waals surface area contributed by atoms with Gasteiger partial charge in [-0.2, -0.15) is 0 Å². The maximum absolute atomic E-state index is 2.42. The fraction of sp³-hybridized carbons (Fsp3) is 0.280. The summed E-state index contributed by atoms with van der Waals surface area (Å²) in [5, 5.41) is 0. The minimum Gasteiger partial charge on any atom is -0.0756 e. The molecule has 1 aromatic rings. The summed E-state index contributed by atoms with van der Waals surface area (Å²) in [5.41, 5.74) is 9.25. The second-order valence-electron chi connectivity index (χ2n) is 8.40. The Morgan fingerprint density at radius 1 is 0.962 bits per heavy atom. The van der Waals surface area contributed by atoms with Crippen molar-refractivity contribution in [3.8, 4) is 0 Å². The fourth-order valence-corrected chi connectivity index (χ4v) is 5.65. The number of rotatable bonds is 1. The Bertz CT molecular complexity index is 975. The maximum atomic E-state index is 2.42. The largest absolute Gasteiger partial charge is 0.0756 e. The normalized spacial score (nSPS) is 28.0. The van der Waals surface area contributed by atoms with Crippen molar-refractivity contribution < 1.29 is 0 Å². The third-order valence-corrected chi connectivity index (χ3v) is 7.29. The third-order valence-electron chi connectivity index (χ3n) is 6.62.